The van der Waals surface area contributed by atoms with Gasteiger partial charge in [0, 0.05) is 6.07 Å². The summed E-state index contributed by atoms with van der Waals surface area (Å²) < 4.78 is 0. The van der Waals surface area contributed by atoms with Crippen molar-refractivity contribution < 1.29 is 30.3 Å². The third-order valence-electron chi connectivity index (χ3n) is 2.07. The van der Waals surface area contributed by atoms with E-state index in [-0.39, 0.29) is 17.1 Å². The first-order chi connectivity index (χ1) is 8.91. The van der Waals surface area contributed by atoms with Gasteiger partial charge < -0.3 is 25.5 Å². The van der Waals surface area contributed by atoms with E-state index in [1.54, 1.807) is 6.07 Å². The number of phenols is 4. The van der Waals surface area contributed by atoms with Crippen molar-refractivity contribution in [1.29, 1.82) is 0 Å². The Morgan fingerprint density at radius 1 is 0.842 bits per heavy atom. The van der Waals surface area contributed by atoms with Gasteiger partial charge in [-0.2, -0.15) is 0 Å². The van der Waals surface area contributed by atoms with Gasteiger partial charge in [-0.15, -0.1) is 0 Å². The minimum Gasteiger partial charge on any atom is -0.508 e. The minimum atomic E-state index is -1.27. The molecule has 0 aromatic heterocycles. The van der Waals surface area contributed by atoms with Gasteiger partial charge in [0.1, 0.15) is 17.1 Å². The van der Waals surface area contributed by atoms with Gasteiger partial charge in [-0.1, -0.05) is 12.1 Å². The van der Waals surface area contributed by atoms with E-state index in [1.165, 1.54) is 36.4 Å². The van der Waals surface area contributed by atoms with Crippen molar-refractivity contribution in [3.8, 4) is 23.0 Å². The van der Waals surface area contributed by atoms with E-state index < -0.39 is 17.5 Å². The van der Waals surface area contributed by atoms with Gasteiger partial charge in [0.05, 0.1) is 0 Å². The summed E-state index contributed by atoms with van der Waals surface area (Å²) in [6, 6.07) is 9.61. The summed E-state index contributed by atoms with van der Waals surface area (Å²) >= 11 is 0. The molecule has 0 saturated carbocycles. The van der Waals surface area contributed by atoms with Crippen LogP contribution in [0.15, 0.2) is 42.5 Å². The molecule has 0 aliphatic rings. The van der Waals surface area contributed by atoms with Gasteiger partial charge in [-0.3, -0.25) is 0 Å². The molecule has 0 amide bonds. The summed E-state index contributed by atoms with van der Waals surface area (Å²) in [5.41, 5.74) is -0.301. The van der Waals surface area contributed by atoms with Crippen molar-refractivity contribution in [2.45, 2.75) is 0 Å². The lowest BCUT2D eigenvalue weighted by Crippen LogP contribution is -1.95. The smallest absolute Gasteiger partial charge is 0.339 e. The number of hydrogen-bond donors (Lipinski definition) is 5. The number of carbonyl (C=O) groups is 1. The summed E-state index contributed by atoms with van der Waals surface area (Å²) in [5, 5.41) is 43.5. The molecule has 5 N–H and O–H groups in total. The second-order valence-corrected chi connectivity index (χ2v) is 3.50. The molecule has 0 radical (unpaired) electrons. The lowest BCUT2D eigenvalue weighted by atomic mass is 10.2. The monoisotopic (exact) mass is 264 g/mol. The molecule has 100 valence electrons. The molecule has 0 atom stereocenters. The first-order valence-electron chi connectivity index (χ1n) is 5.14. The highest BCUT2D eigenvalue weighted by molar-refractivity contribution is 5.91. The van der Waals surface area contributed by atoms with Gasteiger partial charge >= 0.3 is 5.97 Å². The van der Waals surface area contributed by atoms with Gasteiger partial charge in [-0.25, -0.2) is 4.79 Å². The van der Waals surface area contributed by atoms with Gasteiger partial charge in [-0.05, 0) is 24.3 Å². The fourth-order valence-corrected chi connectivity index (χ4v) is 1.20. The molecule has 2 rings (SSSR count). The molecule has 0 spiro atoms. The van der Waals surface area contributed by atoms with E-state index in [0.717, 1.165) is 0 Å². The number of aromatic carboxylic acids is 1. The fraction of sp³-hybridized carbons (Fsp3) is 0. The van der Waals surface area contributed by atoms with Crippen molar-refractivity contribution in [3.05, 3.63) is 48.0 Å². The molecule has 0 heterocycles. The molecule has 6 nitrogen and oxygen atoms in total. The number of phenolic OH excluding ortho intramolecular Hbond substituents is 3. The van der Waals surface area contributed by atoms with E-state index >= 15 is 0 Å². The Kier molecular flexibility index (Phi) is 4.59. The molecule has 19 heavy (non-hydrogen) atoms. The Hall–Kier alpha value is -2.89. The average Bonchev–Trinajstić information content (AvgIpc) is 2.33. The number of benzene rings is 2. The summed E-state index contributed by atoms with van der Waals surface area (Å²) in [6.45, 7) is 0. The van der Waals surface area contributed by atoms with Gasteiger partial charge in [0.2, 0.25) is 0 Å². The lowest BCUT2D eigenvalue weighted by molar-refractivity contribution is 0.0693. The number of aromatic hydroxyl groups is 4. The standard InChI is InChI=1S/C7H6O4.C6H6O2/c8-5-3-1-2-4(6(5)9)7(10)11;7-5-2-1-3-6(8)4-5/h1-3,8-9H,(H,10,11);1-4,7-8H. The quantitative estimate of drug-likeness (QED) is 0.502. The molecule has 0 bridgehead atoms. The Balaban J connectivity index is 0.000000200. The number of hydrogen-bond acceptors (Lipinski definition) is 5. The fourth-order valence-electron chi connectivity index (χ4n) is 1.20. The SMILES string of the molecule is O=C(O)c1cccc(O)c1O.Oc1cccc(O)c1. The van der Waals surface area contributed by atoms with Crippen LogP contribution in [0.4, 0.5) is 0 Å². The van der Waals surface area contributed by atoms with Crippen molar-refractivity contribution >= 4 is 5.97 Å². The summed E-state index contributed by atoms with van der Waals surface area (Å²) in [6.07, 6.45) is 0. The van der Waals surface area contributed by atoms with Crippen LogP contribution in [0.25, 0.3) is 0 Å². The van der Waals surface area contributed by atoms with Crippen LogP contribution in [0.5, 0.6) is 23.0 Å². The second-order valence-electron chi connectivity index (χ2n) is 3.50. The molecule has 6 heteroatoms. The molecule has 2 aromatic rings. The molecule has 0 aliphatic heterocycles. The molecule has 0 aliphatic carbocycles. The van der Waals surface area contributed by atoms with E-state index in [1.807, 2.05) is 0 Å². The Morgan fingerprint density at radius 3 is 1.74 bits per heavy atom. The van der Waals surface area contributed by atoms with Crippen molar-refractivity contribution in [2.24, 2.45) is 0 Å². The first kappa shape index (κ1) is 14.2. The van der Waals surface area contributed by atoms with Crippen LogP contribution < -0.4 is 0 Å². The van der Waals surface area contributed by atoms with Crippen molar-refractivity contribution in [2.75, 3.05) is 0 Å². The number of carboxylic acids is 1. The average molecular weight is 264 g/mol. The largest absolute Gasteiger partial charge is 0.508 e. The first-order valence-corrected chi connectivity index (χ1v) is 5.14. The molecule has 0 saturated heterocycles. The predicted octanol–water partition coefficient (Wildman–Crippen LogP) is 1.89. The Morgan fingerprint density at radius 2 is 1.37 bits per heavy atom. The molecule has 0 unspecified atom stereocenters. The van der Waals surface area contributed by atoms with Crippen LogP contribution in [0.1, 0.15) is 10.4 Å². The molecular formula is C13H12O6. The maximum atomic E-state index is 10.3. The minimum absolute atomic E-state index is 0.0880. The highest BCUT2D eigenvalue weighted by Gasteiger charge is 2.11. The molecular weight excluding hydrogens is 252 g/mol. The highest BCUT2D eigenvalue weighted by Crippen LogP contribution is 2.27. The van der Waals surface area contributed by atoms with E-state index in [2.05, 4.69) is 0 Å². The van der Waals surface area contributed by atoms with Gasteiger partial charge in [0.15, 0.2) is 11.5 Å². The normalized spacial score (nSPS) is 9.26. The highest BCUT2D eigenvalue weighted by atomic mass is 16.4. The van der Waals surface area contributed by atoms with Crippen LogP contribution in [-0.4, -0.2) is 31.5 Å². The van der Waals surface area contributed by atoms with Crippen molar-refractivity contribution in [1.82, 2.24) is 0 Å². The van der Waals surface area contributed by atoms with Crippen LogP contribution >= 0.6 is 0 Å². The van der Waals surface area contributed by atoms with Crippen LogP contribution in [0.2, 0.25) is 0 Å². The van der Waals surface area contributed by atoms with E-state index in [0.29, 0.717) is 0 Å². The predicted molar refractivity (Wildman–Crippen MR) is 66.5 cm³/mol. The Bertz CT molecular complexity index is 562. The van der Waals surface area contributed by atoms with Crippen LogP contribution in [0.3, 0.4) is 0 Å². The topological polar surface area (TPSA) is 118 Å². The lowest BCUT2D eigenvalue weighted by Gasteiger charge is -1.99. The zero-order valence-electron chi connectivity index (χ0n) is 9.69. The maximum absolute atomic E-state index is 10.3. The number of carboxylic acid groups (broad SMARTS) is 1. The summed E-state index contributed by atoms with van der Waals surface area (Å²) in [7, 11) is 0. The third-order valence-corrected chi connectivity index (χ3v) is 2.07. The number of rotatable bonds is 1. The maximum Gasteiger partial charge on any atom is 0.339 e. The van der Waals surface area contributed by atoms with Gasteiger partial charge in [0.25, 0.3) is 0 Å². The number of para-hydroxylation sites is 1. The Labute approximate surface area is 108 Å². The second kappa shape index (κ2) is 6.15. The molecule has 0 fully saturated rings. The van der Waals surface area contributed by atoms with E-state index in [4.69, 9.17) is 25.5 Å². The zero-order valence-corrected chi connectivity index (χ0v) is 9.69. The van der Waals surface area contributed by atoms with E-state index in [9.17, 15) is 4.79 Å². The van der Waals surface area contributed by atoms with Crippen LogP contribution in [0, 0.1) is 0 Å². The molecule has 2 aromatic carbocycles. The zero-order chi connectivity index (χ0) is 14.4. The van der Waals surface area contributed by atoms with Crippen molar-refractivity contribution in [3.63, 3.8) is 0 Å². The summed E-state index contributed by atoms with van der Waals surface area (Å²) in [5.74, 6) is -2.11. The third kappa shape index (κ3) is 4.12. The van der Waals surface area contributed by atoms with Crippen LogP contribution in [-0.2, 0) is 0 Å². The summed E-state index contributed by atoms with van der Waals surface area (Å²) in [4.78, 5) is 10.3.